The molecule has 1 aromatic carbocycles. The quantitative estimate of drug-likeness (QED) is 0.785. The van der Waals surface area contributed by atoms with Gasteiger partial charge >= 0.3 is 5.97 Å². The molecule has 2 heterocycles. The van der Waals surface area contributed by atoms with Crippen molar-refractivity contribution in [2.45, 2.75) is 6.54 Å². The average Bonchev–Trinajstić information content (AvgIpc) is 3.10. The summed E-state index contributed by atoms with van der Waals surface area (Å²) in [5.74, 6) is 1.18. The number of hydrogen-bond donors (Lipinski definition) is 0. The molecular formula is C18H22N2O4. The zero-order valence-corrected chi connectivity index (χ0v) is 14.0. The fourth-order valence-electron chi connectivity index (χ4n) is 2.92. The summed E-state index contributed by atoms with van der Waals surface area (Å²) in [4.78, 5) is 16.3. The predicted octanol–water partition coefficient (Wildman–Crippen LogP) is 2.40. The van der Waals surface area contributed by atoms with E-state index in [1.165, 1.54) is 19.1 Å². The number of ether oxygens (including phenoxy) is 2. The molecule has 128 valence electrons. The van der Waals surface area contributed by atoms with Gasteiger partial charge in [0.2, 0.25) is 0 Å². The molecule has 0 amide bonds. The number of nitrogens with zero attached hydrogens (tertiary/aromatic N) is 2. The monoisotopic (exact) mass is 330 g/mol. The molecule has 0 unspecified atom stereocenters. The van der Waals surface area contributed by atoms with Crippen molar-refractivity contribution in [3.05, 3.63) is 47.9 Å². The average molecular weight is 330 g/mol. The first-order chi connectivity index (χ1) is 11.7. The summed E-state index contributed by atoms with van der Waals surface area (Å²) in [6.45, 7) is 4.30. The molecule has 6 heteroatoms. The minimum atomic E-state index is -0.351. The number of rotatable bonds is 5. The van der Waals surface area contributed by atoms with E-state index < -0.39 is 0 Å². The maximum Gasteiger partial charge on any atom is 0.341 e. The zero-order valence-electron chi connectivity index (χ0n) is 14.0. The number of hydrogen-bond acceptors (Lipinski definition) is 6. The lowest BCUT2D eigenvalue weighted by Crippen LogP contribution is -2.46. The topological polar surface area (TPSA) is 55.2 Å². The first-order valence-corrected chi connectivity index (χ1v) is 7.97. The van der Waals surface area contributed by atoms with Crippen molar-refractivity contribution in [2.75, 3.05) is 45.3 Å². The molecule has 0 aliphatic carbocycles. The summed E-state index contributed by atoms with van der Waals surface area (Å²) in [5.41, 5.74) is 1.71. The third kappa shape index (κ3) is 3.54. The van der Waals surface area contributed by atoms with Gasteiger partial charge in [-0.25, -0.2) is 4.79 Å². The van der Waals surface area contributed by atoms with Crippen molar-refractivity contribution in [3.8, 4) is 5.75 Å². The highest BCUT2D eigenvalue weighted by Crippen LogP contribution is 2.21. The van der Waals surface area contributed by atoms with E-state index >= 15 is 0 Å². The molecule has 0 saturated carbocycles. The van der Waals surface area contributed by atoms with E-state index in [4.69, 9.17) is 13.9 Å². The third-order valence-corrected chi connectivity index (χ3v) is 4.33. The Kier molecular flexibility index (Phi) is 5.05. The molecule has 0 bridgehead atoms. The SMILES string of the molecule is COC(=O)c1ccoc1CN1CCN(c2ccc(OC)cc2)CC1. The molecule has 1 aromatic heterocycles. The van der Waals surface area contributed by atoms with Crippen LogP contribution in [0.5, 0.6) is 5.75 Å². The molecule has 0 radical (unpaired) electrons. The molecule has 1 aliphatic rings. The number of anilines is 1. The highest BCUT2D eigenvalue weighted by molar-refractivity contribution is 5.90. The number of piperazine rings is 1. The highest BCUT2D eigenvalue weighted by atomic mass is 16.5. The van der Waals surface area contributed by atoms with E-state index in [1.807, 2.05) is 12.1 Å². The van der Waals surface area contributed by atoms with Crippen molar-refractivity contribution in [1.82, 2.24) is 4.90 Å². The summed E-state index contributed by atoms with van der Waals surface area (Å²) in [6, 6.07) is 9.78. The Morgan fingerprint density at radius 2 is 1.79 bits per heavy atom. The Bertz CT molecular complexity index is 673. The molecule has 3 rings (SSSR count). The van der Waals surface area contributed by atoms with E-state index in [2.05, 4.69) is 21.9 Å². The first-order valence-electron chi connectivity index (χ1n) is 7.97. The molecule has 0 N–H and O–H groups in total. The van der Waals surface area contributed by atoms with Gasteiger partial charge in [0.1, 0.15) is 17.1 Å². The van der Waals surface area contributed by atoms with E-state index in [-0.39, 0.29) is 5.97 Å². The lowest BCUT2D eigenvalue weighted by molar-refractivity contribution is 0.0596. The number of methoxy groups -OCH3 is 2. The van der Waals surface area contributed by atoms with Crippen LogP contribution in [0.2, 0.25) is 0 Å². The van der Waals surface area contributed by atoms with Crippen LogP contribution in [0.1, 0.15) is 16.1 Å². The molecule has 2 aromatic rings. The van der Waals surface area contributed by atoms with Crippen LogP contribution in [0.4, 0.5) is 5.69 Å². The molecule has 1 fully saturated rings. The molecular weight excluding hydrogens is 308 g/mol. The second-order valence-electron chi connectivity index (χ2n) is 5.71. The van der Waals surface area contributed by atoms with Crippen molar-refractivity contribution in [3.63, 3.8) is 0 Å². The normalized spacial score (nSPS) is 15.3. The van der Waals surface area contributed by atoms with Gasteiger partial charge in [0.05, 0.1) is 27.0 Å². The number of esters is 1. The summed E-state index contributed by atoms with van der Waals surface area (Å²) in [6.07, 6.45) is 1.54. The van der Waals surface area contributed by atoms with Crippen molar-refractivity contribution >= 4 is 11.7 Å². The van der Waals surface area contributed by atoms with Gasteiger partial charge in [-0.3, -0.25) is 4.90 Å². The summed E-state index contributed by atoms with van der Waals surface area (Å²) in [7, 11) is 3.05. The Hall–Kier alpha value is -2.47. The fraction of sp³-hybridized carbons (Fsp3) is 0.389. The maximum absolute atomic E-state index is 11.7. The number of carbonyl (C=O) groups excluding carboxylic acids is 1. The van der Waals surface area contributed by atoms with E-state index in [9.17, 15) is 4.79 Å². The maximum atomic E-state index is 11.7. The van der Waals surface area contributed by atoms with Crippen molar-refractivity contribution in [2.24, 2.45) is 0 Å². The standard InChI is InChI=1S/C18H22N2O4/c1-22-15-5-3-14(4-6-15)20-10-8-19(9-11-20)13-17-16(7-12-24-17)18(21)23-2/h3-7,12H,8-11,13H2,1-2H3. The van der Waals surface area contributed by atoms with Crippen LogP contribution in [-0.4, -0.2) is 51.3 Å². The zero-order chi connectivity index (χ0) is 16.9. The lowest BCUT2D eigenvalue weighted by Gasteiger charge is -2.35. The van der Waals surface area contributed by atoms with Crippen LogP contribution in [0.15, 0.2) is 41.0 Å². The van der Waals surface area contributed by atoms with Crippen molar-refractivity contribution < 1.29 is 18.7 Å². The van der Waals surface area contributed by atoms with Gasteiger partial charge in [0.15, 0.2) is 0 Å². The van der Waals surface area contributed by atoms with Crippen LogP contribution in [0.25, 0.3) is 0 Å². The van der Waals surface area contributed by atoms with E-state index in [0.29, 0.717) is 17.9 Å². The van der Waals surface area contributed by atoms with Gasteiger partial charge in [0.25, 0.3) is 0 Å². The smallest absolute Gasteiger partial charge is 0.341 e. The van der Waals surface area contributed by atoms with Gasteiger partial charge in [-0.15, -0.1) is 0 Å². The molecule has 0 atom stereocenters. The number of benzene rings is 1. The predicted molar refractivity (Wildman–Crippen MR) is 90.5 cm³/mol. The van der Waals surface area contributed by atoms with Crippen LogP contribution < -0.4 is 9.64 Å². The van der Waals surface area contributed by atoms with Gasteiger partial charge in [-0.2, -0.15) is 0 Å². The molecule has 0 spiro atoms. The van der Waals surface area contributed by atoms with E-state index in [1.54, 1.807) is 13.2 Å². The van der Waals surface area contributed by atoms with Gasteiger partial charge < -0.3 is 18.8 Å². The molecule has 1 aliphatic heterocycles. The van der Waals surface area contributed by atoms with Crippen LogP contribution >= 0.6 is 0 Å². The second-order valence-corrected chi connectivity index (χ2v) is 5.71. The third-order valence-electron chi connectivity index (χ3n) is 4.33. The summed E-state index contributed by atoms with van der Waals surface area (Å²) >= 11 is 0. The van der Waals surface area contributed by atoms with Crippen LogP contribution in [-0.2, 0) is 11.3 Å². The van der Waals surface area contributed by atoms with Gasteiger partial charge in [-0.1, -0.05) is 0 Å². The molecule has 1 saturated heterocycles. The lowest BCUT2D eigenvalue weighted by atomic mass is 10.2. The Morgan fingerprint density at radius 1 is 1.08 bits per heavy atom. The fourth-order valence-corrected chi connectivity index (χ4v) is 2.92. The first kappa shape index (κ1) is 16.4. The molecule has 6 nitrogen and oxygen atoms in total. The van der Waals surface area contributed by atoms with Gasteiger partial charge in [-0.05, 0) is 30.3 Å². The Labute approximate surface area is 141 Å². The number of furan rings is 1. The summed E-state index contributed by atoms with van der Waals surface area (Å²) in [5, 5.41) is 0. The Morgan fingerprint density at radius 3 is 2.42 bits per heavy atom. The number of carbonyl (C=O) groups is 1. The Balaban J connectivity index is 1.57. The second kappa shape index (κ2) is 7.40. The van der Waals surface area contributed by atoms with E-state index in [0.717, 1.165) is 31.9 Å². The summed E-state index contributed by atoms with van der Waals surface area (Å²) < 4.78 is 15.4. The molecule has 24 heavy (non-hydrogen) atoms. The minimum absolute atomic E-state index is 0.351. The van der Waals surface area contributed by atoms with Gasteiger partial charge in [0, 0.05) is 31.9 Å². The highest BCUT2D eigenvalue weighted by Gasteiger charge is 2.21. The van der Waals surface area contributed by atoms with Crippen LogP contribution in [0, 0.1) is 0 Å². The van der Waals surface area contributed by atoms with Crippen molar-refractivity contribution in [1.29, 1.82) is 0 Å². The minimum Gasteiger partial charge on any atom is -0.497 e. The van der Waals surface area contributed by atoms with Crippen LogP contribution in [0.3, 0.4) is 0 Å². The largest absolute Gasteiger partial charge is 0.497 e.